The Balaban J connectivity index is 1.32. The number of hydrazone groups is 1. The molecule has 2 aromatic heterocycles. The van der Waals surface area contributed by atoms with Crippen LogP contribution >= 0.6 is 27.3 Å². The molecule has 0 bridgehead atoms. The van der Waals surface area contributed by atoms with Crippen LogP contribution in [0.5, 0.6) is 17.2 Å². The molecule has 15 heteroatoms. The second-order valence-electron chi connectivity index (χ2n) is 10.7. The van der Waals surface area contributed by atoms with Crippen molar-refractivity contribution in [3.05, 3.63) is 94.2 Å². The van der Waals surface area contributed by atoms with E-state index in [4.69, 9.17) is 4.74 Å². The number of phenols is 3. The Morgan fingerprint density at radius 1 is 1.02 bits per heavy atom. The Hall–Kier alpha value is -5.41. The number of aromatic hydroxyl groups is 3. The molecule has 46 heavy (non-hydrogen) atoms. The topological polar surface area (TPSA) is 213 Å². The van der Waals surface area contributed by atoms with Crippen molar-refractivity contribution in [1.82, 2.24) is 10.4 Å². The number of methoxy groups -OCH3 is 1. The monoisotopic (exact) mass is 703 g/mol. The predicted molar refractivity (Wildman–Crippen MR) is 165 cm³/mol. The summed E-state index contributed by atoms with van der Waals surface area (Å²) < 4.78 is 5.67. The minimum absolute atomic E-state index is 0.0848. The molecule has 0 fully saturated rings. The summed E-state index contributed by atoms with van der Waals surface area (Å²) in [7, 11) is 1.12. The van der Waals surface area contributed by atoms with Gasteiger partial charge < -0.3 is 25.0 Å². The highest BCUT2D eigenvalue weighted by atomic mass is 79.9. The van der Waals surface area contributed by atoms with Crippen LogP contribution in [0.25, 0.3) is 10.8 Å². The molecule has 1 spiro atoms. The number of allylic oxidation sites excluding steroid dienone is 2. The third-order valence-corrected chi connectivity index (χ3v) is 10.1. The third kappa shape index (κ3) is 3.81. The van der Waals surface area contributed by atoms with E-state index in [9.17, 15) is 44.1 Å². The van der Waals surface area contributed by atoms with E-state index in [1.54, 1.807) is 12.1 Å². The first-order valence-corrected chi connectivity index (χ1v) is 15.1. The standard InChI is InChI=1S/C31H18BrN3O10S/c1-45-14-8-13(36)18-19(23(14)37)25(39)21-20(24(18)38)27(41)31(28(21)42)5-4-10-6-11-7-12(34-30(44)17(11)26(40)22(10)31)9-33-35-29(43)15-2-3-16(32)46-15/h2-3,6-9,38-40H,4-5H2,1H3,(H,34,44)(H,35,43)/t31-/m0/s1. The molecule has 0 aliphatic heterocycles. The van der Waals surface area contributed by atoms with Gasteiger partial charge in [0.2, 0.25) is 5.78 Å². The molecule has 7 rings (SSSR count). The van der Waals surface area contributed by atoms with Crippen molar-refractivity contribution in [2.24, 2.45) is 5.10 Å². The smallest absolute Gasteiger partial charge is 0.281 e. The van der Waals surface area contributed by atoms with Crippen LogP contribution < -0.4 is 11.0 Å². The third-order valence-electron chi connectivity index (χ3n) is 8.43. The van der Waals surface area contributed by atoms with Crippen LogP contribution in [-0.4, -0.2) is 62.7 Å². The van der Waals surface area contributed by atoms with Crippen molar-refractivity contribution in [1.29, 1.82) is 0 Å². The fraction of sp³-hybridized carbons (Fsp3) is 0.129. The number of pyridine rings is 1. The summed E-state index contributed by atoms with van der Waals surface area (Å²) in [5, 5.41) is 37.6. The van der Waals surface area contributed by atoms with E-state index in [-0.39, 0.29) is 34.9 Å². The molecule has 0 radical (unpaired) electrons. The number of nitrogens with one attached hydrogen (secondary N) is 2. The summed E-state index contributed by atoms with van der Waals surface area (Å²) in [6.45, 7) is 0. The Labute approximate surface area is 269 Å². The molecule has 230 valence electrons. The minimum Gasteiger partial charge on any atom is -0.507 e. The van der Waals surface area contributed by atoms with Gasteiger partial charge in [-0.3, -0.25) is 28.8 Å². The van der Waals surface area contributed by atoms with Gasteiger partial charge in [0.1, 0.15) is 22.7 Å². The lowest BCUT2D eigenvalue weighted by molar-refractivity contribution is 0.0790. The Bertz CT molecular complexity index is 2300. The van der Waals surface area contributed by atoms with E-state index in [0.29, 0.717) is 10.4 Å². The van der Waals surface area contributed by atoms with E-state index >= 15 is 0 Å². The number of carbonyl (C=O) groups is 5. The summed E-state index contributed by atoms with van der Waals surface area (Å²) in [6.07, 6.45) is 1.90. The molecule has 0 saturated carbocycles. The summed E-state index contributed by atoms with van der Waals surface area (Å²) in [5.74, 6) is -7.36. The van der Waals surface area contributed by atoms with Crippen molar-refractivity contribution in [3.63, 3.8) is 0 Å². The number of nitrogens with zero attached hydrogens (tertiary/aromatic N) is 1. The lowest BCUT2D eigenvalue weighted by Gasteiger charge is -2.22. The van der Waals surface area contributed by atoms with Gasteiger partial charge in [-0.05, 0) is 57.9 Å². The Morgan fingerprint density at radius 2 is 1.72 bits per heavy atom. The lowest BCUT2D eigenvalue weighted by Crippen LogP contribution is -2.36. The summed E-state index contributed by atoms with van der Waals surface area (Å²) >= 11 is 4.48. The number of Topliss-reactive ketones (excluding diaryl/α,β-unsaturated/α-hetero) is 3. The van der Waals surface area contributed by atoms with Gasteiger partial charge in [-0.15, -0.1) is 11.3 Å². The first-order chi connectivity index (χ1) is 21.9. The maximum absolute atomic E-state index is 14.1. The number of benzene rings is 2. The predicted octanol–water partition coefficient (Wildman–Crippen LogP) is 3.41. The first-order valence-electron chi connectivity index (χ1n) is 13.5. The van der Waals surface area contributed by atoms with Crippen molar-refractivity contribution in [2.45, 2.75) is 18.3 Å². The largest absolute Gasteiger partial charge is 0.507 e. The number of H-pyrrole nitrogens is 1. The number of aromatic nitrogens is 1. The Kier molecular flexibility index (Phi) is 6.40. The zero-order valence-electron chi connectivity index (χ0n) is 23.3. The Morgan fingerprint density at radius 3 is 2.37 bits per heavy atom. The average Bonchev–Trinajstić information content (AvgIpc) is 3.68. The molecule has 5 N–H and O–H groups in total. The molecular formula is C31H18BrN3O10S. The highest BCUT2D eigenvalue weighted by Gasteiger charge is 2.61. The number of ether oxygens (including phenoxy) is 1. The SMILES string of the molecule is COC1=CC(=O)c2c(O)c3c(c(O)c2C1=O)C(=O)[C@]1(CCc2cc4cc(C=NNC(=O)c5ccc(Br)s5)[nH]c(=O)c4c(O)c21)C3=O. The molecule has 1 atom stereocenters. The molecule has 13 nitrogen and oxygen atoms in total. The van der Waals surface area contributed by atoms with Crippen molar-refractivity contribution in [3.8, 4) is 17.2 Å². The number of phenolic OH excluding ortho intramolecular Hbond substituents is 3. The van der Waals surface area contributed by atoms with Gasteiger partial charge in [-0.1, -0.05) is 6.07 Å². The van der Waals surface area contributed by atoms with Crippen LogP contribution in [0, 0.1) is 0 Å². The minimum atomic E-state index is -2.15. The van der Waals surface area contributed by atoms with Crippen molar-refractivity contribution in [2.75, 3.05) is 7.11 Å². The van der Waals surface area contributed by atoms with Crippen molar-refractivity contribution >= 4 is 73.3 Å². The number of rotatable bonds is 4. The van der Waals surface area contributed by atoms with Crippen LogP contribution in [0.4, 0.5) is 0 Å². The number of aromatic amines is 1. The van der Waals surface area contributed by atoms with E-state index < -0.39 is 85.3 Å². The lowest BCUT2D eigenvalue weighted by atomic mass is 9.76. The van der Waals surface area contributed by atoms with Gasteiger partial charge >= 0.3 is 0 Å². The van der Waals surface area contributed by atoms with Gasteiger partial charge in [-0.25, -0.2) is 5.43 Å². The fourth-order valence-corrected chi connectivity index (χ4v) is 7.76. The number of ketones is 4. The zero-order valence-corrected chi connectivity index (χ0v) is 25.7. The first kappa shape index (κ1) is 29.3. The normalized spacial score (nSPS) is 18.3. The maximum atomic E-state index is 14.1. The molecule has 2 aromatic carbocycles. The van der Waals surface area contributed by atoms with Gasteiger partial charge in [-0.2, -0.15) is 5.10 Å². The highest BCUT2D eigenvalue weighted by Crippen LogP contribution is 2.57. The molecule has 0 saturated heterocycles. The van der Waals surface area contributed by atoms with Crippen LogP contribution in [-0.2, 0) is 16.6 Å². The van der Waals surface area contributed by atoms with E-state index in [1.165, 1.54) is 29.7 Å². The molecule has 3 aliphatic rings. The van der Waals surface area contributed by atoms with Gasteiger partial charge in [0.25, 0.3) is 11.5 Å². The van der Waals surface area contributed by atoms with E-state index in [0.717, 1.165) is 17.0 Å². The van der Waals surface area contributed by atoms with Crippen molar-refractivity contribution < 1.29 is 44.0 Å². The maximum Gasteiger partial charge on any atom is 0.281 e. The van der Waals surface area contributed by atoms with E-state index in [1.807, 2.05) is 0 Å². The number of halogens is 1. The number of hydrogen-bond donors (Lipinski definition) is 5. The zero-order chi connectivity index (χ0) is 32.8. The number of amides is 1. The quantitative estimate of drug-likeness (QED) is 0.0904. The van der Waals surface area contributed by atoms with Crippen LogP contribution in [0.2, 0.25) is 0 Å². The number of hydrogen-bond acceptors (Lipinski definition) is 12. The van der Waals surface area contributed by atoms with Gasteiger partial charge in [0, 0.05) is 11.6 Å². The van der Waals surface area contributed by atoms with Gasteiger partial charge in [0.05, 0.1) is 55.3 Å². The average molecular weight is 704 g/mol. The second kappa shape index (κ2) is 10.1. The summed E-state index contributed by atoms with van der Waals surface area (Å²) in [6, 6.07) is 6.33. The second-order valence-corrected chi connectivity index (χ2v) is 13.2. The summed E-state index contributed by atoms with van der Waals surface area (Å²) in [5.41, 5.74) is -2.86. The number of thiophene rings is 1. The molecule has 0 unspecified atom stereocenters. The molecule has 2 heterocycles. The number of aryl methyl sites for hydroxylation is 1. The van der Waals surface area contributed by atoms with Crippen LogP contribution in [0.3, 0.4) is 0 Å². The van der Waals surface area contributed by atoms with E-state index in [2.05, 4.69) is 31.4 Å². The highest BCUT2D eigenvalue weighted by molar-refractivity contribution is 9.11. The molecular weight excluding hydrogens is 686 g/mol. The number of carbonyl (C=O) groups excluding carboxylic acids is 5. The van der Waals surface area contributed by atoms with Crippen LogP contribution in [0.15, 0.2) is 49.8 Å². The van der Waals surface area contributed by atoms with Crippen LogP contribution in [0.1, 0.15) is 74.3 Å². The summed E-state index contributed by atoms with van der Waals surface area (Å²) in [4.78, 5) is 82.4. The number of fused-ring (bicyclic) bond motifs is 5. The molecule has 3 aliphatic carbocycles. The van der Waals surface area contributed by atoms with Gasteiger partial charge in [0.15, 0.2) is 23.1 Å². The fourth-order valence-electron chi connectivity index (χ4n) is 6.48. The molecule has 1 amide bonds. The molecule has 4 aromatic rings.